The molecule has 1 N–H and O–H groups in total. The highest BCUT2D eigenvalue weighted by molar-refractivity contribution is 8.00. The number of para-hydroxylation sites is 1. The maximum atomic E-state index is 12.8. The summed E-state index contributed by atoms with van der Waals surface area (Å²) >= 11 is 1.41. The second-order valence-corrected chi connectivity index (χ2v) is 9.66. The van der Waals surface area contributed by atoms with Gasteiger partial charge in [-0.3, -0.25) is 4.79 Å². The third-order valence-corrected chi connectivity index (χ3v) is 7.30. The Kier molecular flexibility index (Phi) is 5.87. The molecule has 0 unspecified atom stereocenters. The minimum Gasteiger partial charge on any atom is -0.438 e. The van der Waals surface area contributed by atoms with Crippen LogP contribution in [0.1, 0.15) is 16.7 Å². The van der Waals surface area contributed by atoms with Gasteiger partial charge in [-0.05, 0) is 35.4 Å². The predicted molar refractivity (Wildman–Crippen MR) is 145 cm³/mol. The van der Waals surface area contributed by atoms with Crippen molar-refractivity contribution in [2.24, 2.45) is 0 Å². The van der Waals surface area contributed by atoms with Crippen LogP contribution in [0, 0.1) is 6.92 Å². The van der Waals surface area contributed by atoms with E-state index in [0.29, 0.717) is 18.1 Å². The van der Waals surface area contributed by atoms with Crippen molar-refractivity contribution in [1.82, 2.24) is 9.97 Å². The zero-order chi connectivity index (χ0) is 24.5. The number of hydrogen-bond donors (Lipinski definition) is 1. The molecule has 4 aromatic carbocycles. The molecule has 1 aromatic heterocycles. The van der Waals surface area contributed by atoms with Crippen molar-refractivity contribution < 1.29 is 9.53 Å². The van der Waals surface area contributed by atoms with Gasteiger partial charge in [-0.2, -0.15) is 4.98 Å². The first-order valence-electron chi connectivity index (χ1n) is 11.8. The summed E-state index contributed by atoms with van der Waals surface area (Å²) in [6.07, 6.45) is 0.642. The molecule has 0 bridgehead atoms. The van der Waals surface area contributed by atoms with Crippen molar-refractivity contribution in [3.05, 3.63) is 108 Å². The molecule has 36 heavy (non-hydrogen) atoms. The van der Waals surface area contributed by atoms with E-state index in [9.17, 15) is 4.79 Å². The Morgan fingerprint density at radius 3 is 2.53 bits per heavy atom. The van der Waals surface area contributed by atoms with Crippen molar-refractivity contribution in [3.8, 4) is 23.0 Å². The smallest absolute Gasteiger partial charge is 0.234 e. The van der Waals surface area contributed by atoms with Crippen LogP contribution < -0.4 is 10.1 Å². The van der Waals surface area contributed by atoms with Crippen LogP contribution in [-0.2, 0) is 11.2 Å². The lowest BCUT2D eigenvalue weighted by Gasteiger charge is -2.23. The minimum absolute atomic E-state index is 0.0782. The zero-order valence-corrected chi connectivity index (χ0v) is 20.5. The number of anilines is 1. The number of nitrogens with zero attached hydrogens (tertiary/aromatic N) is 2. The van der Waals surface area contributed by atoms with Crippen LogP contribution in [0.3, 0.4) is 0 Å². The summed E-state index contributed by atoms with van der Waals surface area (Å²) in [6.45, 7) is 1.98. The maximum Gasteiger partial charge on any atom is 0.234 e. The number of rotatable bonds is 5. The monoisotopic (exact) mass is 489 g/mol. The van der Waals surface area contributed by atoms with E-state index < -0.39 is 0 Å². The molecule has 1 aliphatic heterocycles. The van der Waals surface area contributed by atoms with Gasteiger partial charge in [-0.1, -0.05) is 90.6 Å². The number of ether oxygens (including phenoxy) is 1. The molecule has 1 aliphatic rings. The Labute approximate surface area is 213 Å². The van der Waals surface area contributed by atoms with Crippen LogP contribution >= 0.6 is 11.8 Å². The molecule has 5 nitrogen and oxygen atoms in total. The van der Waals surface area contributed by atoms with Crippen molar-refractivity contribution in [3.63, 3.8) is 0 Å². The summed E-state index contributed by atoms with van der Waals surface area (Å²) in [4.78, 5) is 22.5. The average Bonchev–Trinajstić information content (AvgIpc) is 2.92. The Hall–Kier alpha value is -4.16. The largest absolute Gasteiger partial charge is 0.438 e. The predicted octanol–water partition coefficient (Wildman–Crippen LogP) is 7.03. The number of carbonyl (C=O) groups is 1. The number of thioether (sulfide) groups is 1. The first-order chi connectivity index (χ1) is 17.7. The van der Waals surface area contributed by atoms with Crippen LogP contribution in [-0.4, -0.2) is 21.6 Å². The quantitative estimate of drug-likeness (QED) is 0.208. The summed E-state index contributed by atoms with van der Waals surface area (Å²) in [5.41, 5.74) is 4.77. The molecule has 0 fully saturated rings. The Morgan fingerprint density at radius 1 is 0.889 bits per heavy atom. The molecule has 0 saturated heterocycles. The van der Waals surface area contributed by atoms with E-state index in [4.69, 9.17) is 14.7 Å². The van der Waals surface area contributed by atoms with Crippen LogP contribution in [0.5, 0.6) is 11.6 Å². The molecular weight excluding hydrogens is 466 g/mol. The molecule has 5 aromatic rings. The highest BCUT2D eigenvalue weighted by atomic mass is 32.2. The van der Waals surface area contributed by atoms with Crippen molar-refractivity contribution in [2.45, 2.75) is 18.4 Å². The van der Waals surface area contributed by atoms with Gasteiger partial charge in [0.15, 0.2) is 5.82 Å². The third kappa shape index (κ3) is 4.32. The number of amides is 1. The Morgan fingerprint density at radius 2 is 1.67 bits per heavy atom. The fraction of sp³-hybridized carbons (Fsp3) is 0.100. The van der Waals surface area contributed by atoms with Gasteiger partial charge in [0.1, 0.15) is 10.8 Å². The number of benzene rings is 4. The first-order valence-corrected chi connectivity index (χ1v) is 12.8. The van der Waals surface area contributed by atoms with Crippen LogP contribution in [0.25, 0.3) is 22.2 Å². The molecule has 0 saturated carbocycles. The summed E-state index contributed by atoms with van der Waals surface area (Å²) in [5, 5.41) is 6.09. The molecule has 1 amide bonds. The highest BCUT2D eigenvalue weighted by Gasteiger charge is 2.26. The van der Waals surface area contributed by atoms with E-state index in [1.807, 2.05) is 79.7 Å². The molecular formula is C30H23N3O2S. The normalized spacial score (nSPS) is 11.9. The van der Waals surface area contributed by atoms with Crippen LogP contribution in [0.4, 0.5) is 5.69 Å². The summed E-state index contributed by atoms with van der Waals surface area (Å²) in [6, 6.07) is 30.0. The van der Waals surface area contributed by atoms with Crippen molar-refractivity contribution >= 4 is 34.1 Å². The minimum atomic E-state index is -0.0782. The van der Waals surface area contributed by atoms with Crippen molar-refractivity contribution in [2.75, 3.05) is 11.1 Å². The zero-order valence-electron chi connectivity index (χ0n) is 19.7. The lowest BCUT2D eigenvalue weighted by Crippen LogP contribution is -2.16. The van der Waals surface area contributed by atoms with Gasteiger partial charge in [0.05, 0.1) is 11.3 Å². The van der Waals surface area contributed by atoms with Gasteiger partial charge in [-0.15, -0.1) is 0 Å². The Bertz CT molecular complexity index is 1600. The first kappa shape index (κ1) is 22.3. The highest BCUT2D eigenvalue weighted by Crippen LogP contribution is 2.43. The Balaban J connectivity index is 1.36. The van der Waals surface area contributed by atoms with Gasteiger partial charge in [-0.25, -0.2) is 4.98 Å². The van der Waals surface area contributed by atoms with Gasteiger partial charge in [0, 0.05) is 23.2 Å². The second-order valence-electron chi connectivity index (χ2n) is 8.70. The van der Waals surface area contributed by atoms with Gasteiger partial charge < -0.3 is 10.1 Å². The number of nitrogens with one attached hydrogen (secondary N) is 1. The summed E-state index contributed by atoms with van der Waals surface area (Å²) in [5.74, 6) is 2.10. The molecule has 6 rings (SSSR count). The summed E-state index contributed by atoms with van der Waals surface area (Å²) < 4.78 is 6.34. The number of hydrogen-bond acceptors (Lipinski definition) is 5. The molecule has 6 heteroatoms. The lowest BCUT2D eigenvalue weighted by molar-refractivity contribution is -0.113. The molecule has 0 radical (unpaired) electrons. The van der Waals surface area contributed by atoms with Crippen LogP contribution in [0.15, 0.2) is 96.0 Å². The SMILES string of the molecule is Cc1ccccc1NC(=O)CSc1nc(-c2ccccc2)nc2c1Cc1c(ccc3ccccc13)O2. The number of fused-ring (bicyclic) bond motifs is 4. The standard InChI is InChI=1S/C30H23N3O2S/c1-19-9-5-8-14-25(19)31-27(34)18-36-30-24-17-23-22-13-7-6-10-20(22)15-16-26(23)35-29(24)32-28(33-30)21-11-3-2-4-12-21/h2-16H,17-18H2,1H3,(H,31,34). The lowest BCUT2D eigenvalue weighted by atomic mass is 9.97. The van der Waals surface area contributed by atoms with Crippen molar-refractivity contribution in [1.29, 1.82) is 0 Å². The van der Waals surface area contributed by atoms with Crippen LogP contribution in [0.2, 0.25) is 0 Å². The second kappa shape index (κ2) is 9.47. The van der Waals surface area contributed by atoms with E-state index in [2.05, 4.69) is 23.5 Å². The molecule has 2 heterocycles. The topological polar surface area (TPSA) is 64.1 Å². The average molecular weight is 490 g/mol. The van der Waals surface area contributed by atoms with E-state index in [-0.39, 0.29) is 11.7 Å². The number of carbonyl (C=O) groups excluding carboxylic acids is 1. The van der Waals surface area contributed by atoms with Gasteiger partial charge in [0.25, 0.3) is 0 Å². The van der Waals surface area contributed by atoms with E-state index in [1.165, 1.54) is 11.8 Å². The van der Waals surface area contributed by atoms with E-state index >= 15 is 0 Å². The number of aryl methyl sites for hydroxylation is 1. The number of aromatic nitrogens is 2. The van der Waals surface area contributed by atoms with Gasteiger partial charge in [0.2, 0.25) is 11.8 Å². The van der Waals surface area contributed by atoms with E-state index in [1.54, 1.807) is 0 Å². The third-order valence-electron chi connectivity index (χ3n) is 6.28. The molecule has 0 aliphatic carbocycles. The molecule has 176 valence electrons. The van der Waals surface area contributed by atoms with E-state index in [0.717, 1.165) is 49.5 Å². The fourth-order valence-electron chi connectivity index (χ4n) is 4.42. The summed E-state index contributed by atoms with van der Waals surface area (Å²) in [7, 11) is 0. The molecule has 0 atom stereocenters. The maximum absolute atomic E-state index is 12.8. The molecule has 0 spiro atoms. The fourth-order valence-corrected chi connectivity index (χ4v) is 5.25. The van der Waals surface area contributed by atoms with Gasteiger partial charge >= 0.3 is 0 Å².